The lowest BCUT2D eigenvalue weighted by Gasteiger charge is -2.05. The van der Waals surface area contributed by atoms with Gasteiger partial charge in [-0.15, -0.1) is 0 Å². The molecular formula is C17H16ClNO. The van der Waals surface area contributed by atoms with E-state index in [0.717, 1.165) is 22.4 Å². The van der Waals surface area contributed by atoms with Crippen LogP contribution in [0, 0.1) is 13.8 Å². The number of rotatable bonds is 3. The molecule has 20 heavy (non-hydrogen) atoms. The molecule has 0 atom stereocenters. The molecule has 2 aromatic rings. The first-order valence-corrected chi connectivity index (χ1v) is 6.74. The van der Waals surface area contributed by atoms with Gasteiger partial charge in [-0.2, -0.15) is 0 Å². The van der Waals surface area contributed by atoms with Crippen LogP contribution in [-0.2, 0) is 4.79 Å². The van der Waals surface area contributed by atoms with Crippen LogP contribution in [0.3, 0.4) is 0 Å². The smallest absolute Gasteiger partial charge is 0.248 e. The first-order valence-electron chi connectivity index (χ1n) is 6.36. The molecule has 0 aliphatic rings. The molecule has 3 heteroatoms. The van der Waals surface area contributed by atoms with Gasteiger partial charge in [0.05, 0.1) is 0 Å². The molecule has 2 aromatic carbocycles. The van der Waals surface area contributed by atoms with Crippen molar-refractivity contribution in [2.24, 2.45) is 0 Å². The second kappa shape index (κ2) is 6.40. The van der Waals surface area contributed by atoms with Crippen molar-refractivity contribution < 1.29 is 4.79 Å². The summed E-state index contributed by atoms with van der Waals surface area (Å²) < 4.78 is 0. The van der Waals surface area contributed by atoms with Crippen molar-refractivity contribution in [1.29, 1.82) is 0 Å². The molecule has 0 radical (unpaired) electrons. The Labute approximate surface area is 124 Å². The molecule has 0 unspecified atom stereocenters. The fraction of sp³-hybridized carbons (Fsp3) is 0.118. The van der Waals surface area contributed by atoms with Gasteiger partial charge in [0.25, 0.3) is 0 Å². The first-order chi connectivity index (χ1) is 9.52. The second-order valence-electron chi connectivity index (χ2n) is 4.75. The third-order valence-electron chi connectivity index (χ3n) is 2.77. The molecule has 0 fully saturated rings. The highest BCUT2D eigenvalue weighted by Crippen LogP contribution is 2.14. The third kappa shape index (κ3) is 4.25. The summed E-state index contributed by atoms with van der Waals surface area (Å²) in [5, 5.41) is 3.50. The minimum atomic E-state index is -0.157. The number of carbonyl (C=O) groups is 1. The Morgan fingerprint density at radius 3 is 2.45 bits per heavy atom. The Hall–Kier alpha value is -2.06. The van der Waals surface area contributed by atoms with Gasteiger partial charge < -0.3 is 5.32 Å². The minimum absolute atomic E-state index is 0.157. The quantitative estimate of drug-likeness (QED) is 0.820. The van der Waals surface area contributed by atoms with E-state index in [1.807, 2.05) is 44.2 Å². The monoisotopic (exact) mass is 285 g/mol. The number of hydrogen-bond donors (Lipinski definition) is 1. The maximum Gasteiger partial charge on any atom is 0.248 e. The number of aryl methyl sites for hydroxylation is 2. The fourth-order valence-corrected chi connectivity index (χ4v) is 2.21. The number of nitrogens with one attached hydrogen (secondary N) is 1. The predicted octanol–water partition coefficient (Wildman–Crippen LogP) is 4.61. The predicted molar refractivity (Wildman–Crippen MR) is 85.0 cm³/mol. The highest BCUT2D eigenvalue weighted by atomic mass is 35.5. The highest BCUT2D eigenvalue weighted by molar-refractivity contribution is 6.30. The molecule has 0 saturated heterocycles. The van der Waals surface area contributed by atoms with Gasteiger partial charge in [0.15, 0.2) is 0 Å². The Bertz CT molecular complexity index is 642. The number of hydrogen-bond acceptors (Lipinski definition) is 1. The standard InChI is InChI=1S/C17H16ClNO/c1-12-8-13(2)10-16(9-12)19-17(20)7-6-14-4-3-5-15(18)11-14/h3-11H,1-2H3,(H,19,20). The van der Waals surface area contributed by atoms with Gasteiger partial charge in [-0.3, -0.25) is 4.79 Å². The molecule has 2 nitrogen and oxygen atoms in total. The number of amides is 1. The fourth-order valence-electron chi connectivity index (χ4n) is 2.01. The lowest BCUT2D eigenvalue weighted by molar-refractivity contribution is -0.111. The summed E-state index contributed by atoms with van der Waals surface area (Å²) in [5.74, 6) is -0.157. The summed E-state index contributed by atoms with van der Waals surface area (Å²) in [6, 6.07) is 13.3. The molecule has 2 rings (SSSR count). The molecule has 0 aliphatic carbocycles. The Morgan fingerprint density at radius 1 is 1.10 bits per heavy atom. The molecular weight excluding hydrogens is 270 g/mol. The second-order valence-corrected chi connectivity index (χ2v) is 5.19. The molecule has 0 saturated carbocycles. The van der Waals surface area contributed by atoms with E-state index >= 15 is 0 Å². The summed E-state index contributed by atoms with van der Waals surface area (Å²) >= 11 is 5.89. The summed E-state index contributed by atoms with van der Waals surface area (Å²) in [5.41, 5.74) is 3.95. The van der Waals surface area contributed by atoms with Gasteiger partial charge in [0.2, 0.25) is 5.91 Å². The molecule has 0 spiro atoms. The first kappa shape index (κ1) is 14.4. The topological polar surface area (TPSA) is 29.1 Å². The van der Waals surface area contributed by atoms with Crippen LogP contribution in [0.5, 0.6) is 0 Å². The van der Waals surface area contributed by atoms with E-state index in [4.69, 9.17) is 11.6 Å². The van der Waals surface area contributed by atoms with Crippen LogP contribution in [0.1, 0.15) is 16.7 Å². The molecule has 0 bridgehead atoms. The van der Waals surface area contributed by atoms with E-state index in [9.17, 15) is 4.79 Å². The zero-order chi connectivity index (χ0) is 14.5. The van der Waals surface area contributed by atoms with E-state index < -0.39 is 0 Å². The number of benzene rings is 2. The summed E-state index contributed by atoms with van der Waals surface area (Å²) in [4.78, 5) is 11.9. The van der Waals surface area contributed by atoms with Gasteiger partial charge in [-0.25, -0.2) is 0 Å². The molecule has 0 heterocycles. The SMILES string of the molecule is Cc1cc(C)cc(NC(=O)C=Cc2cccc(Cl)c2)c1. The van der Waals surface area contributed by atoms with Gasteiger partial charge >= 0.3 is 0 Å². The van der Waals surface area contributed by atoms with Crippen LogP contribution in [-0.4, -0.2) is 5.91 Å². The number of anilines is 1. The average Bonchev–Trinajstić information content (AvgIpc) is 2.35. The molecule has 1 N–H and O–H groups in total. The van der Waals surface area contributed by atoms with E-state index in [1.54, 1.807) is 12.1 Å². The normalized spacial score (nSPS) is 10.8. The van der Waals surface area contributed by atoms with Crippen molar-refractivity contribution in [3.05, 3.63) is 70.3 Å². The van der Waals surface area contributed by atoms with Crippen LogP contribution < -0.4 is 5.32 Å². The van der Waals surface area contributed by atoms with Gasteiger partial charge in [0.1, 0.15) is 0 Å². The van der Waals surface area contributed by atoms with Crippen molar-refractivity contribution in [3.63, 3.8) is 0 Å². The van der Waals surface area contributed by atoms with Crippen molar-refractivity contribution >= 4 is 29.3 Å². The van der Waals surface area contributed by atoms with Gasteiger partial charge in [-0.1, -0.05) is 29.8 Å². The van der Waals surface area contributed by atoms with Crippen LogP contribution in [0.2, 0.25) is 5.02 Å². The van der Waals surface area contributed by atoms with Crippen molar-refractivity contribution in [2.45, 2.75) is 13.8 Å². The van der Waals surface area contributed by atoms with E-state index in [0.29, 0.717) is 5.02 Å². The van der Waals surface area contributed by atoms with E-state index in [-0.39, 0.29) is 5.91 Å². The van der Waals surface area contributed by atoms with Gasteiger partial charge in [-0.05, 0) is 60.9 Å². The van der Waals surface area contributed by atoms with Crippen LogP contribution in [0.4, 0.5) is 5.69 Å². The maximum absolute atomic E-state index is 11.9. The number of halogens is 1. The Balaban J connectivity index is 2.05. The zero-order valence-corrected chi connectivity index (χ0v) is 12.2. The van der Waals surface area contributed by atoms with Crippen LogP contribution >= 0.6 is 11.6 Å². The summed E-state index contributed by atoms with van der Waals surface area (Å²) in [6.45, 7) is 4.01. The average molecular weight is 286 g/mol. The minimum Gasteiger partial charge on any atom is -0.322 e. The third-order valence-corrected chi connectivity index (χ3v) is 3.00. The van der Waals surface area contributed by atoms with Crippen molar-refractivity contribution in [3.8, 4) is 0 Å². The molecule has 0 aromatic heterocycles. The largest absolute Gasteiger partial charge is 0.322 e. The van der Waals surface area contributed by atoms with Crippen LogP contribution in [0.15, 0.2) is 48.5 Å². The highest BCUT2D eigenvalue weighted by Gasteiger charge is 1.99. The lowest BCUT2D eigenvalue weighted by Crippen LogP contribution is -2.08. The van der Waals surface area contributed by atoms with E-state index in [2.05, 4.69) is 11.4 Å². The molecule has 1 amide bonds. The Kier molecular flexibility index (Phi) is 4.59. The van der Waals surface area contributed by atoms with E-state index in [1.165, 1.54) is 6.08 Å². The molecule has 0 aliphatic heterocycles. The Morgan fingerprint density at radius 2 is 1.80 bits per heavy atom. The van der Waals surface area contributed by atoms with Crippen LogP contribution in [0.25, 0.3) is 6.08 Å². The van der Waals surface area contributed by atoms with Gasteiger partial charge in [0, 0.05) is 16.8 Å². The van der Waals surface area contributed by atoms with Crippen molar-refractivity contribution in [1.82, 2.24) is 0 Å². The maximum atomic E-state index is 11.9. The summed E-state index contributed by atoms with van der Waals surface area (Å²) in [6.07, 6.45) is 3.24. The molecule has 102 valence electrons. The van der Waals surface area contributed by atoms with Crippen molar-refractivity contribution in [2.75, 3.05) is 5.32 Å². The summed E-state index contributed by atoms with van der Waals surface area (Å²) in [7, 11) is 0. The zero-order valence-electron chi connectivity index (χ0n) is 11.5. The lowest BCUT2D eigenvalue weighted by atomic mass is 10.1. The number of carbonyl (C=O) groups excluding carboxylic acids is 1.